The lowest BCUT2D eigenvalue weighted by atomic mass is 9.76. The first-order valence-electron chi connectivity index (χ1n) is 7.79. The number of halogens is 1. The number of piperidine rings is 1. The molecule has 1 aromatic carbocycles. The van der Waals surface area contributed by atoms with Gasteiger partial charge in [-0.3, -0.25) is 4.79 Å². The van der Waals surface area contributed by atoms with Crippen molar-refractivity contribution >= 4 is 17.5 Å². The Morgan fingerprint density at radius 1 is 1.38 bits per heavy atom. The third kappa shape index (κ3) is 3.09. The van der Waals surface area contributed by atoms with Gasteiger partial charge in [-0.1, -0.05) is 30.2 Å². The largest absolute Gasteiger partial charge is 0.392 e. The van der Waals surface area contributed by atoms with Gasteiger partial charge in [0.1, 0.15) is 0 Å². The quantitative estimate of drug-likeness (QED) is 0.912. The van der Waals surface area contributed by atoms with Crippen LogP contribution in [0.5, 0.6) is 0 Å². The zero-order chi connectivity index (χ0) is 14.9. The molecular weight excluding hydrogens is 286 g/mol. The summed E-state index contributed by atoms with van der Waals surface area (Å²) in [5, 5.41) is 10.9. The summed E-state index contributed by atoms with van der Waals surface area (Å²) in [7, 11) is 0. The number of hydrogen-bond acceptors (Lipinski definition) is 2. The van der Waals surface area contributed by atoms with Gasteiger partial charge in [0.15, 0.2) is 0 Å². The average molecular weight is 308 g/mol. The molecule has 1 amide bonds. The van der Waals surface area contributed by atoms with Gasteiger partial charge in [-0.05, 0) is 43.4 Å². The minimum Gasteiger partial charge on any atom is -0.392 e. The summed E-state index contributed by atoms with van der Waals surface area (Å²) < 4.78 is 0. The molecule has 0 bridgehead atoms. The molecule has 2 fully saturated rings. The summed E-state index contributed by atoms with van der Waals surface area (Å²) in [6, 6.07) is 7.49. The number of hydrogen-bond donors (Lipinski definition) is 1. The van der Waals surface area contributed by atoms with Gasteiger partial charge in [0.05, 0.1) is 12.5 Å². The van der Waals surface area contributed by atoms with Crippen molar-refractivity contribution in [2.24, 2.45) is 5.41 Å². The zero-order valence-corrected chi connectivity index (χ0v) is 13.0. The summed E-state index contributed by atoms with van der Waals surface area (Å²) in [6.45, 7) is 1.53. The van der Waals surface area contributed by atoms with Crippen molar-refractivity contribution in [1.29, 1.82) is 0 Å². The molecule has 114 valence electrons. The van der Waals surface area contributed by atoms with Crippen LogP contribution < -0.4 is 0 Å². The van der Waals surface area contributed by atoms with Crippen LogP contribution in [0.3, 0.4) is 0 Å². The SMILES string of the molecule is O=C(Cc1cccc(Cl)c1)N1CCC[C@@]2(CCC[C@H]2O)C1. The Labute approximate surface area is 130 Å². The fourth-order valence-corrected chi connectivity index (χ4v) is 4.12. The molecule has 1 aliphatic carbocycles. The molecule has 2 atom stereocenters. The van der Waals surface area contributed by atoms with Gasteiger partial charge < -0.3 is 10.0 Å². The summed E-state index contributed by atoms with van der Waals surface area (Å²) in [4.78, 5) is 14.5. The number of carbonyl (C=O) groups is 1. The van der Waals surface area contributed by atoms with E-state index in [0.29, 0.717) is 18.0 Å². The minimum atomic E-state index is -0.237. The molecule has 3 nitrogen and oxygen atoms in total. The third-order valence-corrected chi connectivity index (χ3v) is 5.30. The van der Waals surface area contributed by atoms with Crippen LogP contribution in [0.15, 0.2) is 24.3 Å². The molecule has 1 saturated heterocycles. The number of amides is 1. The molecule has 0 radical (unpaired) electrons. The molecular formula is C17H22ClNO2. The number of likely N-dealkylation sites (tertiary alicyclic amines) is 1. The summed E-state index contributed by atoms with van der Waals surface area (Å²) in [5.41, 5.74) is 0.918. The van der Waals surface area contributed by atoms with E-state index in [9.17, 15) is 9.90 Å². The van der Waals surface area contributed by atoms with E-state index in [-0.39, 0.29) is 17.4 Å². The Balaban J connectivity index is 1.67. The molecule has 21 heavy (non-hydrogen) atoms. The van der Waals surface area contributed by atoms with E-state index in [1.165, 1.54) is 0 Å². The van der Waals surface area contributed by atoms with Crippen molar-refractivity contribution in [3.8, 4) is 0 Å². The second kappa shape index (κ2) is 5.98. The van der Waals surface area contributed by atoms with E-state index in [1.54, 1.807) is 0 Å². The molecule has 4 heteroatoms. The Bertz CT molecular complexity index is 533. The molecule has 3 rings (SSSR count). The third-order valence-electron chi connectivity index (χ3n) is 5.06. The Morgan fingerprint density at radius 2 is 2.19 bits per heavy atom. The lowest BCUT2D eigenvalue weighted by Gasteiger charge is -2.42. The molecule has 2 aliphatic rings. The molecule has 1 aliphatic heterocycles. The van der Waals surface area contributed by atoms with Crippen molar-refractivity contribution in [3.63, 3.8) is 0 Å². The fraction of sp³-hybridized carbons (Fsp3) is 0.588. The molecule has 1 saturated carbocycles. The van der Waals surface area contributed by atoms with Crippen LogP contribution in [0.25, 0.3) is 0 Å². The van der Waals surface area contributed by atoms with Crippen LogP contribution in [0.4, 0.5) is 0 Å². The monoisotopic (exact) mass is 307 g/mol. The number of carbonyl (C=O) groups excluding carboxylic acids is 1. The fourth-order valence-electron chi connectivity index (χ4n) is 3.90. The zero-order valence-electron chi connectivity index (χ0n) is 12.2. The number of aliphatic hydroxyl groups excluding tert-OH is 1. The van der Waals surface area contributed by atoms with Gasteiger partial charge in [0.25, 0.3) is 0 Å². The highest BCUT2D eigenvalue weighted by molar-refractivity contribution is 6.30. The highest BCUT2D eigenvalue weighted by Gasteiger charge is 2.45. The molecule has 1 heterocycles. The van der Waals surface area contributed by atoms with Crippen molar-refractivity contribution in [2.45, 2.75) is 44.6 Å². The lowest BCUT2D eigenvalue weighted by Crippen LogP contribution is -2.49. The molecule has 1 spiro atoms. The highest BCUT2D eigenvalue weighted by atomic mass is 35.5. The molecule has 1 aromatic rings. The Morgan fingerprint density at radius 3 is 2.90 bits per heavy atom. The number of aliphatic hydroxyl groups is 1. The van der Waals surface area contributed by atoms with Gasteiger partial charge in [0.2, 0.25) is 5.91 Å². The summed E-state index contributed by atoms with van der Waals surface area (Å²) >= 11 is 5.97. The maximum atomic E-state index is 12.5. The normalized spacial score (nSPS) is 29.0. The Kier molecular flexibility index (Phi) is 4.23. The average Bonchev–Trinajstić information content (AvgIpc) is 2.80. The van der Waals surface area contributed by atoms with Crippen LogP contribution in [0, 0.1) is 5.41 Å². The van der Waals surface area contributed by atoms with Crippen LogP contribution in [0.1, 0.15) is 37.7 Å². The van der Waals surface area contributed by atoms with E-state index >= 15 is 0 Å². The van der Waals surface area contributed by atoms with E-state index in [4.69, 9.17) is 11.6 Å². The first-order valence-corrected chi connectivity index (χ1v) is 8.17. The molecule has 1 N–H and O–H groups in total. The maximum absolute atomic E-state index is 12.5. The first kappa shape index (κ1) is 14.9. The van der Waals surface area contributed by atoms with E-state index in [2.05, 4.69) is 0 Å². The summed E-state index contributed by atoms with van der Waals surface area (Å²) in [5.74, 6) is 0.149. The maximum Gasteiger partial charge on any atom is 0.227 e. The smallest absolute Gasteiger partial charge is 0.227 e. The van der Waals surface area contributed by atoms with Crippen molar-refractivity contribution in [1.82, 2.24) is 4.90 Å². The summed E-state index contributed by atoms with van der Waals surface area (Å²) in [6.07, 6.45) is 5.22. The highest BCUT2D eigenvalue weighted by Crippen LogP contribution is 2.45. The molecule has 0 aromatic heterocycles. The number of benzene rings is 1. The Hall–Kier alpha value is -1.06. The van der Waals surface area contributed by atoms with Crippen LogP contribution in [-0.4, -0.2) is 35.1 Å². The lowest BCUT2D eigenvalue weighted by molar-refractivity contribution is -0.135. The number of nitrogens with zero attached hydrogens (tertiary/aromatic N) is 1. The second-order valence-electron chi connectivity index (χ2n) is 6.50. The first-order chi connectivity index (χ1) is 10.1. The van der Waals surface area contributed by atoms with E-state index < -0.39 is 0 Å². The van der Waals surface area contributed by atoms with E-state index in [0.717, 1.165) is 44.2 Å². The topological polar surface area (TPSA) is 40.5 Å². The van der Waals surface area contributed by atoms with Gasteiger partial charge in [-0.25, -0.2) is 0 Å². The number of rotatable bonds is 2. The van der Waals surface area contributed by atoms with Gasteiger partial charge in [0, 0.05) is 23.5 Å². The van der Waals surface area contributed by atoms with Gasteiger partial charge >= 0.3 is 0 Å². The predicted octanol–water partition coefficient (Wildman–Crippen LogP) is 3.04. The standard InChI is InChI=1S/C17H22ClNO2/c18-14-5-1-4-13(10-14)11-16(21)19-9-3-8-17(12-19)7-2-6-15(17)20/h1,4-5,10,15,20H,2-3,6-9,11-12H2/t15-,17+/m1/s1. The molecule has 0 unspecified atom stereocenters. The minimum absolute atomic E-state index is 0.0394. The van der Waals surface area contributed by atoms with Crippen molar-refractivity contribution in [2.75, 3.05) is 13.1 Å². The van der Waals surface area contributed by atoms with Gasteiger partial charge in [-0.15, -0.1) is 0 Å². The van der Waals surface area contributed by atoms with Gasteiger partial charge in [-0.2, -0.15) is 0 Å². The van der Waals surface area contributed by atoms with Crippen molar-refractivity contribution < 1.29 is 9.90 Å². The van der Waals surface area contributed by atoms with Crippen molar-refractivity contribution in [3.05, 3.63) is 34.9 Å². The van der Waals surface area contributed by atoms with Crippen LogP contribution >= 0.6 is 11.6 Å². The van der Waals surface area contributed by atoms with Crippen LogP contribution in [0.2, 0.25) is 5.02 Å². The second-order valence-corrected chi connectivity index (χ2v) is 6.93. The van der Waals surface area contributed by atoms with Crippen LogP contribution in [-0.2, 0) is 11.2 Å². The predicted molar refractivity (Wildman–Crippen MR) is 83.3 cm³/mol. The van der Waals surface area contributed by atoms with E-state index in [1.807, 2.05) is 29.2 Å².